The SMILES string of the molecule is CC(C)CC(=O)N(CC#N)C1CCCCC1. The summed E-state index contributed by atoms with van der Waals surface area (Å²) in [6.07, 6.45) is 6.38. The van der Waals surface area contributed by atoms with Crippen molar-refractivity contribution in [2.45, 2.75) is 58.4 Å². The molecule has 0 spiro atoms. The van der Waals surface area contributed by atoms with Gasteiger partial charge in [0, 0.05) is 12.5 Å². The Hall–Kier alpha value is -1.04. The fraction of sp³-hybridized carbons (Fsp3) is 0.846. The second-order valence-electron chi connectivity index (χ2n) is 5.07. The molecule has 1 amide bonds. The summed E-state index contributed by atoms with van der Waals surface area (Å²) in [5, 5.41) is 8.81. The van der Waals surface area contributed by atoms with Crippen molar-refractivity contribution < 1.29 is 4.79 Å². The number of hydrogen-bond acceptors (Lipinski definition) is 2. The molecule has 1 saturated carbocycles. The Morgan fingerprint density at radius 3 is 2.50 bits per heavy atom. The van der Waals surface area contributed by atoms with E-state index < -0.39 is 0 Å². The fourth-order valence-corrected chi connectivity index (χ4v) is 2.36. The zero-order valence-corrected chi connectivity index (χ0v) is 10.4. The molecule has 0 unspecified atom stereocenters. The van der Waals surface area contributed by atoms with Crippen LogP contribution in [0.25, 0.3) is 0 Å². The first kappa shape index (κ1) is 13.0. The van der Waals surface area contributed by atoms with Crippen LogP contribution in [-0.2, 0) is 4.79 Å². The Bertz CT molecular complexity index is 262. The number of nitriles is 1. The normalized spacial score (nSPS) is 17.1. The third kappa shape index (κ3) is 3.84. The van der Waals surface area contributed by atoms with E-state index in [0.717, 1.165) is 12.8 Å². The average Bonchev–Trinajstić information content (AvgIpc) is 2.26. The van der Waals surface area contributed by atoms with Crippen LogP contribution in [0, 0.1) is 17.2 Å². The van der Waals surface area contributed by atoms with Gasteiger partial charge in [-0.15, -0.1) is 0 Å². The van der Waals surface area contributed by atoms with E-state index in [0.29, 0.717) is 18.4 Å². The monoisotopic (exact) mass is 222 g/mol. The number of amides is 1. The number of nitrogens with zero attached hydrogens (tertiary/aromatic N) is 2. The number of carbonyl (C=O) groups is 1. The van der Waals surface area contributed by atoms with Crippen LogP contribution in [0.15, 0.2) is 0 Å². The Balaban J connectivity index is 2.58. The van der Waals surface area contributed by atoms with Crippen molar-refractivity contribution in [3.8, 4) is 6.07 Å². The van der Waals surface area contributed by atoms with E-state index in [2.05, 4.69) is 6.07 Å². The average molecular weight is 222 g/mol. The van der Waals surface area contributed by atoms with Crippen LogP contribution < -0.4 is 0 Å². The maximum absolute atomic E-state index is 12.0. The quantitative estimate of drug-likeness (QED) is 0.686. The predicted octanol–water partition coefficient (Wildman–Crippen LogP) is 2.72. The first-order chi connectivity index (χ1) is 7.65. The van der Waals surface area contributed by atoms with Crippen LogP contribution in [0.3, 0.4) is 0 Å². The minimum Gasteiger partial charge on any atom is -0.326 e. The van der Waals surface area contributed by atoms with Crippen LogP contribution in [0.2, 0.25) is 0 Å². The number of hydrogen-bond donors (Lipinski definition) is 0. The van der Waals surface area contributed by atoms with E-state index in [1.165, 1.54) is 19.3 Å². The lowest BCUT2D eigenvalue weighted by molar-refractivity contribution is -0.134. The summed E-state index contributed by atoms with van der Waals surface area (Å²) in [4.78, 5) is 13.8. The van der Waals surface area contributed by atoms with E-state index in [-0.39, 0.29) is 12.5 Å². The molecular formula is C13H22N2O. The molecule has 0 aliphatic heterocycles. The van der Waals surface area contributed by atoms with Gasteiger partial charge in [0.05, 0.1) is 6.07 Å². The summed E-state index contributed by atoms with van der Waals surface area (Å²) in [6, 6.07) is 2.44. The third-order valence-corrected chi connectivity index (χ3v) is 3.16. The second kappa shape index (κ2) is 6.52. The van der Waals surface area contributed by atoms with E-state index in [1.54, 1.807) is 4.90 Å². The Kier molecular flexibility index (Phi) is 5.31. The summed E-state index contributed by atoms with van der Waals surface area (Å²) < 4.78 is 0. The Morgan fingerprint density at radius 1 is 1.38 bits per heavy atom. The lowest BCUT2D eigenvalue weighted by atomic mass is 9.93. The van der Waals surface area contributed by atoms with Gasteiger partial charge in [-0.3, -0.25) is 4.79 Å². The van der Waals surface area contributed by atoms with Crippen LogP contribution in [0.1, 0.15) is 52.4 Å². The molecule has 90 valence electrons. The van der Waals surface area contributed by atoms with Crippen molar-refractivity contribution in [3.63, 3.8) is 0 Å². The van der Waals surface area contributed by atoms with Gasteiger partial charge >= 0.3 is 0 Å². The fourth-order valence-electron chi connectivity index (χ4n) is 2.36. The molecule has 1 aliphatic carbocycles. The molecule has 0 saturated heterocycles. The summed E-state index contributed by atoms with van der Waals surface area (Å²) in [5.41, 5.74) is 0. The van der Waals surface area contributed by atoms with E-state index in [1.807, 2.05) is 13.8 Å². The van der Waals surface area contributed by atoms with Crippen molar-refractivity contribution in [2.24, 2.45) is 5.92 Å². The molecule has 1 rings (SSSR count). The smallest absolute Gasteiger partial charge is 0.223 e. The van der Waals surface area contributed by atoms with E-state index in [9.17, 15) is 4.79 Å². The molecule has 3 heteroatoms. The minimum atomic E-state index is 0.156. The molecule has 1 fully saturated rings. The first-order valence-electron chi connectivity index (χ1n) is 6.31. The van der Waals surface area contributed by atoms with Crippen molar-refractivity contribution in [3.05, 3.63) is 0 Å². The molecule has 0 aromatic rings. The molecule has 0 aromatic carbocycles. The Labute approximate surface area is 98.4 Å². The van der Waals surface area contributed by atoms with E-state index >= 15 is 0 Å². The zero-order chi connectivity index (χ0) is 12.0. The first-order valence-corrected chi connectivity index (χ1v) is 6.31. The highest BCUT2D eigenvalue weighted by Crippen LogP contribution is 2.23. The van der Waals surface area contributed by atoms with Crippen molar-refractivity contribution in [1.29, 1.82) is 5.26 Å². The summed E-state index contributed by atoms with van der Waals surface area (Å²) in [5.74, 6) is 0.528. The van der Waals surface area contributed by atoms with Crippen LogP contribution >= 0.6 is 0 Å². The summed E-state index contributed by atoms with van der Waals surface area (Å²) >= 11 is 0. The third-order valence-electron chi connectivity index (χ3n) is 3.16. The molecule has 0 radical (unpaired) electrons. The standard InChI is InChI=1S/C13H22N2O/c1-11(2)10-13(16)15(9-8-14)12-6-4-3-5-7-12/h11-12H,3-7,9-10H2,1-2H3. The molecule has 3 nitrogen and oxygen atoms in total. The summed E-state index contributed by atoms with van der Waals surface area (Å²) in [7, 11) is 0. The van der Waals surface area contributed by atoms with Crippen LogP contribution in [0.4, 0.5) is 0 Å². The van der Waals surface area contributed by atoms with Gasteiger partial charge in [-0.1, -0.05) is 33.1 Å². The zero-order valence-electron chi connectivity index (χ0n) is 10.4. The minimum absolute atomic E-state index is 0.156. The molecule has 0 N–H and O–H groups in total. The van der Waals surface area contributed by atoms with Crippen molar-refractivity contribution in [2.75, 3.05) is 6.54 Å². The highest BCUT2D eigenvalue weighted by molar-refractivity contribution is 5.77. The van der Waals surface area contributed by atoms with Gasteiger partial charge < -0.3 is 4.90 Å². The van der Waals surface area contributed by atoms with Gasteiger partial charge in [-0.2, -0.15) is 5.26 Å². The Morgan fingerprint density at radius 2 is 2.00 bits per heavy atom. The number of rotatable bonds is 4. The lowest BCUT2D eigenvalue weighted by Crippen LogP contribution is -2.42. The van der Waals surface area contributed by atoms with Crippen LogP contribution in [0.5, 0.6) is 0 Å². The van der Waals surface area contributed by atoms with E-state index in [4.69, 9.17) is 5.26 Å². The number of carbonyl (C=O) groups excluding carboxylic acids is 1. The molecule has 0 aromatic heterocycles. The maximum Gasteiger partial charge on any atom is 0.223 e. The largest absolute Gasteiger partial charge is 0.326 e. The van der Waals surface area contributed by atoms with Gasteiger partial charge in [0.25, 0.3) is 0 Å². The van der Waals surface area contributed by atoms with Crippen molar-refractivity contribution >= 4 is 5.91 Å². The van der Waals surface area contributed by atoms with Gasteiger partial charge in [0.15, 0.2) is 0 Å². The second-order valence-corrected chi connectivity index (χ2v) is 5.07. The lowest BCUT2D eigenvalue weighted by Gasteiger charge is -2.33. The topological polar surface area (TPSA) is 44.1 Å². The predicted molar refractivity (Wildman–Crippen MR) is 63.7 cm³/mol. The van der Waals surface area contributed by atoms with Crippen molar-refractivity contribution in [1.82, 2.24) is 4.90 Å². The van der Waals surface area contributed by atoms with Gasteiger partial charge in [-0.25, -0.2) is 0 Å². The van der Waals surface area contributed by atoms with Crippen LogP contribution in [-0.4, -0.2) is 23.4 Å². The van der Waals surface area contributed by atoms with Gasteiger partial charge in [0.2, 0.25) is 5.91 Å². The molecule has 0 atom stereocenters. The van der Waals surface area contributed by atoms with Gasteiger partial charge in [0.1, 0.15) is 6.54 Å². The summed E-state index contributed by atoms with van der Waals surface area (Å²) in [6.45, 7) is 4.35. The highest BCUT2D eigenvalue weighted by atomic mass is 16.2. The molecule has 0 bridgehead atoms. The van der Waals surface area contributed by atoms with Gasteiger partial charge in [-0.05, 0) is 18.8 Å². The molecule has 0 heterocycles. The molecular weight excluding hydrogens is 200 g/mol. The molecule has 16 heavy (non-hydrogen) atoms. The highest BCUT2D eigenvalue weighted by Gasteiger charge is 2.25. The maximum atomic E-state index is 12.0. The molecule has 1 aliphatic rings.